The van der Waals surface area contributed by atoms with Gasteiger partial charge in [-0.3, -0.25) is 0 Å². The summed E-state index contributed by atoms with van der Waals surface area (Å²) in [5.41, 5.74) is 5.86. The van der Waals surface area contributed by atoms with Gasteiger partial charge in [-0.05, 0) is 70.1 Å². The molecule has 1 rings (SSSR count). The Kier molecular flexibility index (Phi) is 6.18. The molecule has 0 aromatic carbocycles. The summed E-state index contributed by atoms with van der Waals surface area (Å²) in [6, 6.07) is 0. The van der Waals surface area contributed by atoms with Crippen LogP contribution in [0.4, 0.5) is 0 Å². The molecule has 0 nitrogen and oxygen atoms in total. The molecule has 1 aliphatic rings. The van der Waals surface area contributed by atoms with Crippen LogP contribution in [0.2, 0.25) is 0 Å². The van der Waals surface area contributed by atoms with Gasteiger partial charge in [0, 0.05) is 0 Å². The van der Waals surface area contributed by atoms with Crippen molar-refractivity contribution in [1.29, 1.82) is 0 Å². The summed E-state index contributed by atoms with van der Waals surface area (Å²) in [6.07, 6.45) is 14.4. The summed E-state index contributed by atoms with van der Waals surface area (Å²) >= 11 is 0. The lowest BCUT2D eigenvalue weighted by atomic mass is 9.89. The fourth-order valence-corrected chi connectivity index (χ4v) is 2.67. The molecule has 0 aliphatic heterocycles. The molecule has 0 bridgehead atoms. The lowest BCUT2D eigenvalue weighted by Crippen LogP contribution is -2.01. The molecule has 0 N–H and O–H groups in total. The second kappa shape index (κ2) is 7.41. The van der Waals surface area contributed by atoms with E-state index in [1.54, 1.807) is 5.57 Å². The minimum absolute atomic E-state index is 0.786. The molecule has 1 saturated carbocycles. The van der Waals surface area contributed by atoms with Gasteiger partial charge in [0.05, 0.1) is 0 Å². The van der Waals surface area contributed by atoms with Crippen molar-refractivity contribution >= 4 is 0 Å². The summed E-state index contributed by atoms with van der Waals surface area (Å²) in [4.78, 5) is 0. The van der Waals surface area contributed by atoms with E-state index in [2.05, 4.69) is 58.9 Å². The van der Waals surface area contributed by atoms with Crippen molar-refractivity contribution in [3.05, 3.63) is 46.6 Å². The highest BCUT2D eigenvalue weighted by Crippen LogP contribution is 2.35. The van der Waals surface area contributed by atoms with E-state index in [0.717, 1.165) is 5.92 Å². The van der Waals surface area contributed by atoms with E-state index in [-0.39, 0.29) is 0 Å². The minimum Gasteiger partial charge on any atom is -0.0877 e. The predicted molar refractivity (Wildman–Crippen MR) is 82.7 cm³/mol. The molecule has 0 heterocycles. The molecule has 0 aromatic rings. The molecule has 0 aromatic heterocycles. The second-order valence-electron chi connectivity index (χ2n) is 5.66. The van der Waals surface area contributed by atoms with Gasteiger partial charge in [0.2, 0.25) is 0 Å². The standard InChI is InChI=1S/C18H28/c1-6-7-10-15(4)16(5)18(13-14(2)3)17-11-8-9-12-17/h6-7,10,13,17H,8-9,11-12H2,1-5H3/b7-6-,15-10+,18-16-. The van der Waals surface area contributed by atoms with Crippen molar-refractivity contribution < 1.29 is 0 Å². The maximum absolute atomic E-state index is 2.40. The summed E-state index contributed by atoms with van der Waals surface area (Å²) < 4.78 is 0. The van der Waals surface area contributed by atoms with Gasteiger partial charge in [0.1, 0.15) is 0 Å². The van der Waals surface area contributed by atoms with Crippen molar-refractivity contribution in [1.82, 2.24) is 0 Å². The average molecular weight is 244 g/mol. The smallest absolute Gasteiger partial charge is 0.0159 e. The summed E-state index contributed by atoms with van der Waals surface area (Å²) in [5, 5.41) is 0. The summed E-state index contributed by atoms with van der Waals surface area (Å²) in [7, 11) is 0. The summed E-state index contributed by atoms with van der Waals surface area (Å²) in [5.74, 6) is 0.786. The first-order chi connectivity index (χ1) is 8.56. The molecule has 0 unspecified atom stereocenters. The largest absolute Gasteiger partial charge is 0.0877 e. The lowest BCUT2D eigenvalue weighted by Gasteiger charge is -2.16. The predicted octanol–water partition coefficient (Wildman–Crippen LogP) is 5.98. The monoisotopic (exact) mass is 244 g/mol. The van der Waals surface area contributed by atoms with Crippen LogP contribution in [0.15, 0.2) is 46.6 Å². The molecule has 0 atom stereocenters. The quantitative estimate of drug-likeness (QED) is 0.533. The highest BCUT2D eigenvalue weighted by molar-refractivity contribution is 5.41. The van der Waals surface area contributed by atoms with Gasteiger partial charge in [-0.15, -0.1) is 0 Å². The Bertz CT molecular complexity index is 378. The van der Waals surface area contributed by atoms with Crippen molar-refractivity contribution in [3.8, 4) is 0 Å². The van der Waals surface area contributed by atoms with Gasteiger partial charge in [-0.1, -0.05) is 42.7 Å². The third-order valence-electron chi connectivity index (χ3n) is 3.80. The second-order valence-corrected chi connectivity index (χ2v) is 5.66. The Hall–Kier alpha value is -1.04. The van der Waals surface area contributed by atoms with Gasteiger partial charge in [-0.25, -0.2) is 0 Å². The van der Waals surface area contributed by atoms with E-state index >= 15 is 0 Å². The van der Waals surface area contributed by atoms with E-state index in [1.807, 2.05) is 0 Å². The van der Waals surface area contributed by atoms with Crippen LogP contribution in [-0.2, 0) is 0 Å². The Morgan fingerprint density at radius 3 is 2.11 bits per heavy atom. The topological polar surface area (TPSA) is 0 Å². The molecule has 0 spiro atoms. The zero-order chi connectivity index (χ0) is 13.5. The average Bonchev–Trinajstić information content (AvgIpc) is 2.85. The maximum Gasteiger partial charge on any atom is -0.0159 e. The van der Waals surface area contributed by atoms with E-state index in [0.29, 0.717) is 0 Å². The molecule has 18 heavy (non-hydrogen) atoms. The van der Waals surface area contributed by atoms with E-state index in [1.165, 1.54) is 42.4 Å². The first kappa shape index (κ1) is 15.0. The van der Waals surface area contributed by atoms with Crippen LogP contribution in [0, 0.1) is 5.92 Å². The van der Waals surface area contributed by atoms with Gasteiger partial charge >= 0.3 is 0 Å². The zero-order valence-electron chi connectivity index (χ0n) is 12.7. The van der Waals surface area contributed by atoms with Crippen molar-refractivity contribution in [2.24, 2.45) is 5.92 Å². The molecular weight excluding hydrogens is 216 g/mol. The normalized spacial score (nSPS) is 19.3. The molecule has 0 heteroatoms. The third kappa shape index (κ3) is 4.33. The zero-order valence-corrected chi connectivity index (χ0v) is 12.7. The Morgan fingerprint density at radius 1 is 1.00 bits per heavy atom. The van der Waals surface area contributed by atoms with Crippen molar-refractivity contribution in [3.63, 3.8) is 0 Å². The number of hydrogen-bond acceptors (Lipinski definition) is 0. The van der Waals surface area contributed by atoms with Crippen molar-refractivity contribution in [2.45, 2.75) is 60.3 Å². The number of rotatable bonds is 4. The van der Waals surface area contributed by atoms with Crippen LogP contribution >= 0.6 is 0 Å². The first-order valence-corrected chi connectivity index (χ1v) is 7.22. The SMILES string of the molecule is C\C=C/C=C(C)/C(C)=C(/C=C(C)C)C1CCCC1. The van der Waals surface area contributed by atoms with E-state index in [9.17, 15) is 0 Å². The van der Waals surface area contributed by atoms with E-state index in [4.69, 9.17) is 0 Å². The van der Waals surface area contributed by atoms with Crippen LogP contribution in [0.1, 0.15) is 60.3 Å². The van der Waals surface area contributed by atoms with Crippen LogP contribution in [0.5, 0.6) is 0 Å². The first-order valence-electron chi connectivity index (χ1n) is 7.22. The fourth-order valence-electron chi connectivity index (χ4n) is 2.67. The molecule has 1 aliphatic carbocycles. The van der Waals surface area contributed by atoms with Crippen LogP contribution in [0.3, 0.4) is 0 Å². The Morgan fingerprint density at radius 2 is 1.61 bits per heavy atom. The minimum atomic E-state index is 0.786. The molecular formula is C18H28. The number of allylic oxidation sites excluding steroid dienone is 8. The molecule has 0 amide bonds. The Balaban J connectivity index is 3.09. The lowest BCUT2D eigenvalue weighted by molar-refractivity contribution is 0.650. The Labute approximate surface area is 113 Å². The third-order valence-corrected chi connectivity index (χ3v) is 3.80. The van der Waals surface area contributed by atoms with Gasteiger partial charge < -0.3 is 0 Å². The van der Waals surface area contributed by atoms with Crippen LogP contribution < -0.4 is 0 Å². The van der Waals surface area contributed by atoms with Gasteiger partial charge in [-0.2, -0.15) is 0 Å². The molecule has 100 valence electrons. The number of hydrogen-bond donors (Lipinski definition) is 0. The molecule has 0 radical (unpaired) electrons. The maximum atomic E-state index is 2.40. The highest BCUT2D eigenvalue weighted by Gasteiger charge is 2.19. The fraction of sp³-hybridized carbons (Fsp3) is 0.556. The van der Waals surface area contributed by atoms with Crippen LogP contribution in [-0.4, -0.2) is 0 Å². The highest BCUT2D eigenvalue weighted by atomic mass is 14.2. The van der Waals surface area contributed by atoms with Gasteiger partial charge in [0.25, 0.3) is 0 Å². The van der Waals surface area contributed by atoms with Crippen molar-refractivity contribution in [2.75, 3.05) is 0 Å². The van der Waals surface area contributed by atoms with Gasteiger partial charge in [0.15, 0.2) is 0 Å². The van der Waals surface area contributed by atoms with Crippen LogP contribution in [0.25, 0.3) is 0 Å². The van der Waals surface area contributed by atoms with E-state index < -0.39 is 0 Å². The molecule has 1 fully saturated rings. The molecule has 0 saturated heterocycles. The summed E-state index contributed by atoms with van der Waals surface area (Å²) in [6.45, 7) is 11.0.